The molecular weight excluding hydrogens is 376 g/mol. The Bertz CT molecular complexity index is 948. The van der Waals surface area contributed by atoms with E-state index >= 15 is 0 Å². The molecule has 2 aromatic rings. The maximum atomic E-state index is 11.9. The summed E-state index contributed by atoms with van der Waals surface area (Å²) in [6.45, 7) is 2.44. The van der Waals surface area contributed by atoms with E-state index in [1.165, 1.54) is 6.20 Å². The molecule has 0 spiro atoms. The maximum Gasteiger partial charge on any atom is 0.223 e. The zero-order chi connectivity index (χ0) is 19.7. The Morgan fingerprint density at radius 1 is 1.32 bits per heavy atom. The molecule has 8 heteroatoms. The van der Waals surface area contributed by atoms with Crippen LogP contribution in [0.3, 0.4) is 0 Å². The number of hydrogen-bond donors (Lipinski definition) is 2. The minimum Gasteiger partial charge on any atom is -0.367 e. The van der Waals surface area contributed by atoms with Gasteiger partial charge in [-0.3, -0.25) is 9.78 Å². The summed E-state index contributed by atoms with van der Waals surface area (Å²) in [6.07, 6.45) is 7.20. The third kappa shape index (κ3) is 4.23. The van der Waals surface area contributed by atoms with Crippen LogP contribution < -0.4 is 10.6 Å². The van der Waals surface area contributed by atoms with E-state index in [0.29, 0.717) is 34.7 Å². The highest BCUT2D eigenvalue weighted by Crippen LogP contribution is 2.44. The minimum atomic E-state index is -0.0516. The van der Waals surface area contributed by atoms with Crippen LogP contribution in [0.2, 0.25) is 5.15 Å². The lowest BCUT2D eigenvalue weighted by Crippen LogP contribution is -2.38. The number of rotatable bonds is 7. The van der Waals surface area contributed by atoms with Crippen LogP contribution in [0, 0.1) is 17.2 Å². The predicted molar refractivity (Wildman–Crippen MR) is 106 cm³/mol. The Morgan fingerprint density at radius 2 is 2.11 bits per heavy atom. The normalized spacial score (nSPS) is 16.9. The van der Waals surface area contributed by atoms with E-state index < -0.39 is 0 Å². The van der Waals surface area contributed by atoms with Crippen molar-refractivity contribution in [3.8, 4) is 17.3 Å². The van der Waals surface area contributed by atoms with Gasteiger partial charge in [-0.1, -0.05) is 11.6 Å². The van der Waals surface area contributed by atoms with E-state index in [9.17, 15) is 10.1 Å². The van der Waals surface area contributed by atoms with Gasteiger partial charge in [-0.25, -0.2) is 9.97 Å². The SMILES string of the molecule is C[C@H](CNc1nc(C2CC2)c(-c2cncc(Cl)n2)cc1C#N)NC(=O)C1CC1. The maximum absolute atomic E-state index is 11.9. The molecule has 2 saturated carbocycles. The number of nitrogens with zero attached hydrogens (tertiary/aromatic N) is 4. The molecule has 0 saturated heterocycles. The highest BCUT2D eigenvalue weighted by atomic mass is 35.5. The molecule has 28 heavy (non-hydrogen) atoms. The highest BCUT2D eigenvalue weighted by molar-refractivity contribution is 6.29. The first-order chi connectivity index (χ1) is 13.5. The number of pyridine rings is 1. The molecule has 7 nitrogen and oxygen atoms in total. The molecule has 2 aliphatic carbocycles. The Hall–Kier alpha value is -2.72. The number of nitriles is 1. The summed E-state index contributed by atoms with van der Waals surface area (Å²) in [5.41, 5.74) is 2.76. The Balaban J connectivity index is 1.56. The van der Waals surface area contributed by atoms with E-state index in [0.717, 1.165) is 36.9 Å². The fourth-order valence-corrected chi connectivity index (χ4v) is 3.25. The first-order valence-electron chi connectivity index (χ1n) is 9.52. The number of halogens is 1. The number of carbonyl (C=O) groups is 1. The second-order valence-electron chi connectivity index (χ2n) is 7.50. The molecule has 4 rings (SSSR count). The van der Waals surface area contributed by atoms with E-state index in [2.05, 4.69) is 26.7 Å². The van der Waals surface area contributed by atoms with Crippen LogP contribution in [-0.2, 0) is 4.79 Å². The van der Waals surface area contributed by atoms with E-state index in [1.54, 1.807) is 12.3 Å². The van der Waals surface area contributed by atoms with Crippen molar-refractivity contribution in [3.05, 3.63) is 34.9 Å². The number of anilines is 1. The summed E-state index contributed by atoms with van der Waals surface area (Å²) < 4.78 is 0. The van der Waals surface area contributed by atoms with Crippen molar-refractivity contribution in [1.82, 2.24) is 20.3 Å². The van der Waals surface area contributed by atoms with Gasteiger partial charge in [0.1, 0.15) is 17.0 Å². The van der Waals surface area contributed by atoms with Crippen LogP contribution in [0.5, 0.6) is 0 Å². The lowest BCUT2D eigenvalue weighted by atomic mass is 10.0. The Kier molecular flexibility index (Phi) is 5.14. The summed E-state index contributed by atoms with van der Waals surface area (Å²) in [5, 5.41) is 16.2. The van der Waals surface area contributed by atoms with Gasteiger partial charge in [0.2, 0.25) is 5.91 Å². The Labute approximate surface area is 168 Å². The average molecular weight is 397 g/mol. The molecule has 2 aliphatic rings. The lowest BCUT2D eigenvalue weighted by molar-refractivity contribution is -0.122. The third-order valence-electron chi connectivity index (χ3n) is 4.93. The molecule has 2 N–H and O–H groups in total. The highest BCUT2D eigenvalue weighted by Gasteiger charge is 2.31. The number of amides is 1. The van der Waals surface area contributed by atoms with E-state index in [-0.39, 0.29) is 17.9 Å². The predicted octanol–water partition coefficient (Wildman–Crippen LogP) is 3.27. The zero-order valence-corrected chi connectivity index (χ0v) is 16.3. The van der Waals surface area contributed by atoms with Gasteiger partial charge in [-0.05, 0) is 38.7 Å². The standard InChI is InChI=1S/C20H21ClN6O/c1-11(25-20(28)13-4-5-13)8-24-19-14(7-22)6-15(18(27-19)12-2-3-12)16-9-23-10-17(21)26-16/h6,9-13H,2-5,8H2,1H3,(H,24,27)(H,25,28)/t11-/m1/s1. The van der Waals surface area contributed by atoms with Gasteiger partial charge < -0.3 is 10.6 Å². The van der Waals surface area contributed by atoms with Crippen molar-refractivity contribution in [2.45, 2.75) is 44.6 Å². The molecule has 0 aromatic carbocycles. The summed E-state index contributed by atoms with van der Waals surface area (Å²) in [6, 6.07) is 3.96. The Morgan fingerprint density at radius 3 is 2.75 bits per heavy atom. The van der Waals surface area contributed by atoms with Crippen molar-refractivity contribution in [2.24, 2.45) is 5.92 Å². The molecular formula is C20H21ClN6O. The van der Waals surface area contributed by atoms with Crippen LogP contribution >= 0.6 is 11.6 Å². The largest absolute Gasteiger partial charge is 0.367 e. The van der Waals surface area contributed by atoms with Gasteiger partial charge in [0.25, 0.3) is 0 Å². The fraction of sp³-hybridized carbons (Fsp3) is 0.450. The molecule has 0 bridgehead atoms. The van der Waals surface area contributed by atoms with Crippen LogP contribution in [0.1, 0.15) is 49.8 Å². The van der Waals surface area contributed by atoms with Crippen LogP contribution in [0.4, 0.5) is 5.82 Å². The molecule has 144 valence electrons. The van der Waals surface area contributed by atoms with Gasteiger partial charge in [-0.2, -0.15) is 5.26 Å². The molecule has 1 amide bonds. The van der Waals surface area contributed by atoms with Crippen LogP contribution in [-0.4, -0.2) is 33.4 Å². The van der Waals surface area contributed by atoms with E-state index in [4.69, 9.17) is 16.6 Å². The molecule has 1 atom stereocenters. The van der Waals surface area contributed by atoms with Gasteiger partial charge in [0.05, 0.1) is 29.3 Å². The monoisotopic (exact) mass is 396 g/mol. The van der Waals surface area contributed by atoms with Crippen molar-refractivity contribution in [1.29, 1.82) is 5.26 Å². The molecule has 2 heterocycles. The summed E-state index contributed by atoms with van der Waals surface area (Å²) >= 11 is 5.99. The molecule has 2 aromatic heterocycles. The summed E-state index contributed by atoms with van der Waals surface area (Å²) in [5.74, 6) is 1.18. The zero-order valence-electron chi connectivity index (χ0n) is 15.6. The van der Waals surface area contributed by atoms with Gasteiger partial charge in [-0.15, -0.1) is 0 Å². The second kappa shape index (κ2) is 7.72. The number of hydrogen-bond acceptors (Lipinski definition) is 6. The molecule has 0 aliphatic heterocycles. The van der Waals surface area contributed by atoms with Gasteiger partial charge in [0.15, 0.2) is 0 Å². The molecule has 0 radical (unpaired) electrons. The minimum absolute atomic E-state index is 0.0516. The van der Waals surface area contributed by atoms with Crippen molar-refractivity contribution >= 4 is 23.3 Å². The number of nitrogens with one attached hydrogen (secondary N) is 2. The van der Waals surface area contributed by atoms with Gasteiger partial charge in [0, 0.05) is 30.0 Å². The van der Waals surface area contributed by atoms with Crippen molar-refractivity contribution in [3.63, 3.8) is 0 Å². The van der Waals surface area contributed by atoms with Crippen molar-refractivity contribution in [2.75, 3.05) is 11.9 Å². The van der Waals surface area contributed by atoms with Crippen LogP contribution in [0.25, 0.3) is 11.3 Å². The molecule has 0 unspecified atom stereocenters. The average Bonchev–Trinajstić information content (AvgIpc) is 3.57. The smallest absolute Gasteiger partial charge is 0.223 e. The topological polar surface area (TPSA) is 104 Å². The summed E-state index contributed by atoms with van der Waals surface area (Å²) in [4.78, 5) is 25.1. The molecule has 2 fully saturated rings. The van der Waals surface area contributed by atoms with Crippen molar-refractivity contribution < 1.29 is 4.79 Å². The van der Waals surface area contributed by atoms with Gasteiger partial charge >= 0.3 is 0 Å². The number of carbonyl (C=O) groups excluding carboxylic acids is 1. The van der Waals surface area contributed by atoms with Crippen LogP contribution in [0.15, 0.2) is 18.5 Å². The fourth-order valence-electron chi connectivity index (χ4n) is 3.10. The lowest BCUT2D eigenvalue weighted by Gasteiger charge is -2.17. The first-order valence-corrected chi connectivity index (χ1v) is 9.90. The summed E-state index contributed by atoms with van der Waals surface area (Å²) in [7, 11) is 0. The first kappa shape index (κ1) is 18.6. The van der Waals surface area contributed by atoms with E-state index in [1.807, 2.05) is 6.92 Å². The number of aromatic nitrogens is 3. The third-order valence-corrected chi connectivity index (χ3v) is 5.11. The second-order valence-corrected chi connectivity index (χ2v) is 7.88. The quantitative estimate of drug-likeness (QED) is 0.744.